The molecule has 0 aliphatic carbocycles. The van der Waals surface area contributed by atoms with Gasteiger partial charge in [0.25, 0.3) is 5.56 Å². The fraction of sp³-hybridized carbons (Fsp3) is 0.167. The Balaban J connectivity index is 2.29. The van der Waals surface area contributed by atoms with Gasteiger partial charge in [-0.2, -0.15) is 5.10 Å². The fourth-order valence-corrected chi connectivity index (χ4v) is 2.14. The highest BCUT2D eigenvalue weighted by Crippen LogP contribution is 2.25. The van der Waals surface area contributed by atoms with Crippen LogP contribution in [0, 0.1) is 0 Å². The normalized spacial score (nSPS) is 10.3. The summed E-state index contributed by atoms with van der Waals surface area (Å²) in [7, 11) is 1.60. The molecule has 0 saturated carbocycles. The van der Waals surface area contributed by atoms with Crippen LogP contribution in [0.2, 0.25) is 0 Å². The summed E-state index contributed by atoms with van der Waals surface area (Å²) in [5.41, 5.74) is 6.58. The summed E-state index contributed by atoms with van der Waals surface area (Å²) < 4.78 is 7.33. The quantitative estimate of drug-likeness (QED) is 0.936. The lowest BCUT2D eigenvalue weighted by molar-refractivity contribution is 0.412. The number of aromatic nitrogens is 2. The molecule has 1 heterocycles. The molecule has 0 saturated heterocycles. The van der Waals surface area contributed by atoms with Gasteiger partial charge in [-0.3, -0.25) is 4.79 Å². The van der Waals surface area contributed by atoms with Crippen molar-refractivity contribution >= 4 is 21.6 Å². The monoisotopic (exact) mass is 309 g/mol. The lowest BCUT2D eigenvalue weighted by Crippen LogP contribution is -2.22. The van der Waals surface area contributed by atoms with Crippen LogP contribution in [0.5, 0.6) is 5.75 Å². The van der Waals surface area contributed by atoms with E-state index in [-0.39, 0.29) is 5.56 Å². The Morgan fingerprint density at radius 2 is 2.22 bits per heavy atom. The van der Waals surface area contributed by atoms with Gasteiger partial charge in [-0.05, 0) is 33.6 Å². The number of halogens is 1. The van der Waals surface area contributed by atoms with Gasteiger partial charge in [0.05, 0.1) is 30.0 Å². The maximum Gasteiger partial charge on any atom is 0.269 e. The van der Waals surface area contributed by atoms with Crippen LogP contribution < -0.4 is 16.0 Å². The number of nitrogens with two attached hydrogens (primary N) is 1. The van der Waals surface area contributed by atoms with Crippen LogP contribution in [-0.4, -0.2) is 16.9 Å². The lowest BCUT2D eigenvalue weighted by atomic mass is 10.2. The lowest BCUT2D eigenvalue weighted by Gasteiger charge is -2.07. The zero-order valence-corrected chi connectivity index (χ0v) is 11.3. The summed E-state index contributed by atoms with van der Waals surface area (Å²) >= 11 is 3.40. The average Bonchev–Trinajstić information content (AvgIpc) is 2.33. The molecule has 0 aliphatic heterocycles. The summed E-state index contributed by atoms with van der Waals surface area (Å²) in [6, 6.07) is 6.96. The first-order valence-electron chi connectivity index (χ1n) is 5.25. The summed E-state index contributed by atoms with van der Waals surface area (Å²) in [4.78, 5) is 11.6. The molecule has 0 aliphatic rings. The minimum Gasteiger partial charge on any atom is -0.496 e. The molecule has 1 aromatic carbocycles. The predicted octanol–water partition coefficient (Wildman–Crippen LogP) is 1.64. The Labute approximate surface area is 112 Å². The Kier molecular flexibility index (Phi) is 3.66. The zero-order valence-electron chi connectivity index (χ0n) is 9.76. The highest BCUT2D eigenvalue weighted by atomic mass is 79.9. The highest BCUT2D eigenvalue weighted by molar-refractivity contribution is 9.10. The molecule has 6 heteroatoms. The summed E-state index contributed by atoms with van der Waals surface area (Å²) in [6.45, 7) is 0.391. The minimum absolute atomic E-state index is 0.220. The molecule has 94 valence electrons. The maximum absolute atomic E-state index is 11.6. The van der Waals surface area contributed by atoms with E-state index < -0.39 is 0 Å². The third-order valence-electron chi connectivity index (χ3n) is 2.44. The number of nitrogens with zero attached hydrogens (tertiary/aromatic N) is 2. The van der Waals surface area contributed by atoms with Crippen molar-refractivity contribution in [3.8, 4) is 5.75 Å². The fourth-order valence-electron chi connectivity index (χ4n) is 1.55. The number of hydrogen-bond donors (Lipinski definition) is 1. The van der Waals surface area contributed by atoms with Crippen LogP contribution in [0.1, 0.15) is 5.56 Å². The van der Waals surface area contributed by atoms with E-state index in [2.05, 4.69) is 21.0 Å². The van der Waals surface area contributed by atoms with Crippen LogP contribution >= 0.6 is 15.9 Å². The molecule has 2 aromatic rings. The molecule has 0 amide bonds. The van der Waals surface area contributed by atoms with E-state index in [0.717, 1.165) is 15.8 Å². The van der Waals surface area contributed by atoms with Gasteiger partial charge in [0, 0.05) is 6.07 Å². The Hall–Kier alpha value is -1.82. The highest BCUT2D eigenvalue weighted by Gasteiger charge is 2.04. The van der Waals surface area contributed by atoms with Crippen molar-refractivity contribution in [1.82, 2.24) is 9.78 Å². The van der Waals surface area contributed by atoms with Crippen LogP contribution in [0.15, 0.2) is 39.7 Å². The topological polar surface area (TPSA) is 70.1 Å². The number of nitrogen functional groups attached to an aromatic ring is 1. The van der Waals surface area contributed by atoms with E-state index in [4.69, 9.17) is 10.5 Å². The summed E-state index contributed by atoms with van der Waals surface area (Å²) in [6.07, 6.45) is 1.46. The first-order chi connectivity index (χ1) is 8.60. The van der Waals surface area contributed by atoms with E-state index in [9.17, 15) is 4.79 Å². The van der Waals surface area contributed by atoms with E-state index in [1.165, 1.54) is 16.9 Å². The van der Waals surface area contributed by atoms with E-state index in [1.807, 2.05) is 18.2 Å². The largest absolute Gasteiger partial charge is 0.496 e. The molecule has 2 rings (SSSR count). The smallest absolute Gasteiger partial charge is 0.269 e. The van der Waals surface area contributed by atoms with Gasteiger partial charge in [0.15, 0.2) is 0 Å². The molecule has 0 radical (unpaired) electrons. The Morgan fingerprint density at radius 3 is 2.83 bits per heavy atom. The third kappa shape index (κ3) is 2.70. The number of hydrogen-bond acceptors (Lipinski definition) is 4. The summed E-state index contributed by atoms with van der Waals surface area (Å²) in [5, 5.41) is 3.98. The number of benzene rings is 1. The molecular formula is C12H12BrN3O2. The van der Waals surface area contributed by atoms with Crippen molar-refractivity contribution in [2.24, 2.45) is 0 Å². The average molecular weight is 310 g/mol. The van der Waals surface area contributed by atoms with Crippen molar-refractivity contribution in [2.45, 2.75) is 6.54 Å². The van der Waals surface area contributed by atoms with Crippen LogP contribution in [0.3, 0.4) is 0 Å². The van der Waals surface area contributed by atoms with Gasteiger partial charge in [-0.1, -0.05) is 6.07 Å². The second-order valence-corrected chi connectivity index (χ2v) is 4.61. The second kappa shape index (κ2) is 5.22. The first-order valence-corrected chi connectivity index (χ1v) is 6.04. The molecule has 18 heavy (non-hydrogen) atoms. The molecule has 0 fully saturated rings. The first kappa shape index (κ1) is 12.6. The SMILES string of the molecule is COc1ccc(Cn2ncc(N)cc2=O)cc1Br. The molecule has 0 bridgehead atoms. The Bertz CT molecular complexity index is 625. The van der Waals surface area contributed by atoms with Gasteiger partial charge in [-0.25, -0.2) is 4.68 Å². The number of anilines is 1. The van der Waals surface area contributed by atoms with Crippen molar-refractivity contribution in [2.75, 3.05) is 12.8 Å². The molecule has 1 aromatic heterocycles. The number of rotatable bonds is 3. The van der Waals surface area contributed by atoms with Crippen LogP contribution in [0.25, 0.3) is 0 Å². The second-order valence-electron chi connectivity index (χ2n) is 3.75. The maximum atomic E-state index is 11.6. The molecule has 0 unspecified atom stereocenters. The van der Waals surface area contributed by atoms with Crippen molar-refractivity contribution in [3.63, 3.8) is 0 Å². The number of methoxy groups -OCH3 is 1. The van der Waals surface area contributed by atoms with Crippen molar-refractivity contribution in [3.05, 3.63) is 50.9 Å². The van der Waals surface area contributed by atoms with E-state index >= 15 is 0 Å². The molecule has 0 spiro atoms. The summed E-state index contributed by atoms with van der Waals surface area (Å²) in [5.74, 6) is 0.747. The minimum atomic E-state index is -0.220. The van der Waals surface area contributed by atoms with Gasteiger partial charge < -0.3 is 10.5 Å². The van der Waals surface area contributed by atoms with Gasteiger partial charge in [0.1, 0.15) is 5.75 Å². The zero-order chi connectivity index (χ0) is 13.1. The Morgan fingerprint density at radius 1 is 1.44 bits per heavy atom. The third-order valence-corrected chi connectivity index (χ3v) is 3.06. The van der Waals surface area contributed by atoms with E-state index in [1.54, 1.807) is 7.11 Å². The molecular weight excluding hydrogens is 298 g/mol. The van der Waals surface area contributed by atoms with Crippen molar-refractivity contribution in [1.29, 1.82) is 0 Å². The molecule has 5 nitrogen and oxygen atoms in total. The van der Waals surface area contributed by atoms with Crippen LogP contribution in [-0.2, 0) is 6.54 Å². The molecule has 0 atom stereocenters. The molecule has 2 N–H and O–H groups in total. The van der Waals surface area contributed by atoms with Crippen LogP contribution in [0.4, 0.5) is 5.69 Å². The van der Waals surface area contributed by atoms with E-state index in [0.29, 0.717) is 12.2 Å². The van der Waals surface area contributed by atoms with Gasteiger partial charge >= 0.3 is 0 Å². The van der Waals surface area contributed by atoms with Gasteiger partial charge in [0.2, 0.25) is 0 Å². The predicted molar refractivity (Wildman–Crippen MR) is 72.7 cm³/mol. The van der Waals surface area contributed by atoms with Crippen molar-refractivity contribution < 1.29 is 4.74 Å². The number of ether oxygens (including phenoxy) is 1. The standard InChI is InChI=1S/C12H12BrN3O2/c1-18-11-3-2-8(4-10(11)13)7-16-12(17)5-9(14)6-15-16/h2-6H,7,14H2,1H3. The van der Waals surface area contributed by atoms with Gasteiger partial charge in [-0.15, -0.1) is 0 Å².